The zero-order valence-corrected chi connectivity index (χ0v) is 14.8. The lowest BCUT2D eigenvalue weighted by Crippen LogP contribution is -2.42. The minimum Gasteiger partial charge on any atom is -0.479 e. The van der Waals surface area contributed by atoms with Crippen molar-refractivity contribution in [1.29, 1.82) is 0 Å². The van der Waals surface area contributed by atoms with Gasteiger partial charge in [-0.3, -0.25) is 9.59 Å². The van der Waals surface area contributed by atoms with Gasteiger partial charge in [0.2, 0.25) is 5.78 Å². The fraction of sp³-hybridized carbons (Fsp3) is 0.450. The van der Waals surface area contributed by atoms with Crippen LogP contribution < -0.4 is 0 Å². The van der Waals surface area contributed by atoms with Gasteiger partial charge in [0, 0.05) is 30.4 Å². The van der Waals surface area contributed by atoms with Gasteiger partial charge in [-0.15, -0.1) is 0 Å². The first-order chi connectivity index (χ1) is 11.6. The van der Waals surface area contributed by atoms with Crippen LogP contribution in [0.5, 0.6) is 0 Å². The molecule has 25 heavy (non-hydrogen) atoms. The Morgan fingerprint density at radius 3 is 2.72 bits per heavy atom. The first-order valence-electron chi connectivity index (χ1n) is 8.35. The second-order valence-electron chi connectivity index (χ2n) is 7.33. The van der Waals surface area contributed by atoms with Gasteiger partial charge in [0.25, 0.3) is 0 Å². The van der Waals surface area contributed by atoms with E-state index in [-0.39, 0.29) is 35.4 Å². The number of carbonyl (C=O) groups is 3. The van der Waals surface area contributed by atoms with Crippen LogP contribution in [0.2, 0.25) is 0 Å². The van der Waals surface area contributed by atoms with E-state index in [1.807, 2.05) is 13.0 Å². The smallest absolute Gasteiger partial charge is 0.333 e. The van der Waals surface area contributed by atoms with E-state index in [9.17, 15) is 14.4 Å². The molecule has 132 valence electrons. The Morgan fingerprint density at radius 2 is 2.08 bits per heavy atom. The third-order valence-corrected chi connectivity index (χ3v) is 5.21. The summed E-state index contributed by atoms with van der Waals surface area (Å²) >= 11 is 0. The molecule has 1 fully saturated rings. The van der Waals surface area contributed by atoms with Crippen LogP contribution in [0.3, 0.4) is 0 Å². The first kappa shape index (κ1) is 17.4. The van der Waals surface area contributed by atoms with Crippen molar-refractivity contribution in [2.75, 3.05) is 0 Å². The highest BCUT2D eigenvalue weighted by Crippen LogP contribution is 2.45. The van der Waals surface area contributed by atoms with E-state index in [1.165, 1.54) is 6.08 Å². The maximum Gasteiger partial charge on any atom is 0.333 e. The minimum absolute atomic E-state index is 0.0327. The zero-order valence-electron chi connectivity index (χ0n) is 14.8. The second kappa shape index (κ2) is 5.83. The van der Waals surface area contributed by atoms with Crippen molar-refractivity contribution in [2.24, 2.45) is 11.8 Å². The number of hydrogen-bond donors (Lipinski definition) is 0. The molecule has 2 heterocycles. The topological polar surface area (TPSA) is 69.7 Å². The molecule has 0 amide bonds. The highest BCUT2D eigenvalue weighted by Gasteiger charge is 2.50. The van der Waals surface area contributed by atoms with Crippen LogP contribution in [0, 0.1) is 11.8 Å². The second-order valence-corrected chi connectivity index (χ2v) is 7.33. The van der Waals surface area contributed by atoms with Crippen LogP contribution in [0.1, 0.15) is 33.6 Å². The largest absolute Gasteiger partial charge is 0.479 e. The van der Waals surface area contributed by atoms with E-state index in [1.54, 1.807) is 13.8 Å². The Balaban J connectivity index is 2.07. The fourth-order valence-corrected chi connectivity index (χ4v) is 3.78. The summed E-state index contributed by atoms with van der Waals surface area (Å²) in [4.78, 5) is 36.9. The SMILES string of the molecule is C=C(C)C(=O)O[C@H]1C[C@@]2(C)OC(=CC2=O)/C(C)=C\[C@H]2CC(=O)C(=C)[C@H]12. The fourth-order valence-electron chi connectivity index (χ4n) is 3.78. The lowest BCUT2D eigenvalue weighted by molar-refractivity contribution is -0.152. The molecule has 5 heteroatoms. The summed E-state index contributed by atoms with van der Waals surface area (Å²) in [6, 6.07) is 0. The first-order valence-corrected chi connectivity index (χ1v) is 8.35. The van der Waals surface area contributed by atoms with Gasteiger partial charge < -0.3 is 9.47 Å². The summed E-state index contributed by atoms with van der Waals surface area (Å²) < 4.78 is 11.5. The third kappa shape index (κ3) is 2.88. The van der Waals surface area contributed by atoms with E-state index in [4.69, 9.17) is 9.47 Å². The Bertz CT molecular complexity index is 769. The third-order valence-electron chi connectivity index (χ3n) is 5.21. The van der Waals surface area contributed by atoms with Crippen LogP contribution >= 0.6 is 0 Å². The summed E-state index contributed by atoms with van der Waals surface area (Å²) in [5.41, 5.74) is 0.393. The van der Waals surface area contributed by atoms with Crippen molar-refractivity contribution in [3.63, 3.8) is 0 Å². The molecule has 0 radical (unpaired) electrons. The van der Waals surface area contributed by atoms with Crippen molar-refractivity contribution in [3.8, 4) is 0 Å². The van der Waals surface area contributed by atoms with Gasteiger partial charge in [-0.25, -0.2) is 4.79 Å². The molecule has 2 aliphatic heterocycles. The molecule has 4 atom stereocenters. The minimum atomic E-state index is -1.12. The van der Waals surface area contributed by atoms with Crippen LogP contribution in [-0.2, 0) is 23.9 Å². The molecule has 3 aliphatic rings. The zero-order chi connectivity index (χ0) is 18.5. The average Bonchev–Trinajstić information content (AvgIpc) is 2.96. The number of hydrogen-bond acceptors (Lipinski definition) is 5. The Hall–Kier alpha value is -2.43. The summed E-state index contributed by atoms with van der Waals surface area (Å²) in [5.74, 6) is -0.722. The Labute approximate surface area is 147 Å². The molecule has 3 rings (SSSR count). The van der Waals surface area contributed by atoms with Gasteiger partial charge in [-0.2, -0.15) is 0 Å². The predicted molar refractivity (Wildman–Crippen MR) is 91.4 cm³/mol. The molecule has 2 bridgehead atoms. The number of carbonyl (C=O) groups excluding carboxylic acids is 3. The summed E-state index contributed by atoms with van der Waals surface area (Å²) in [6.45, 7) is 12.6. The molecule has 0 unspecified atom stereocenters. The maximum atomic E-state index is 12.5. The number of allylic oxidation sites excluding steroid dienone is 2. The van der Waals surface area contributed by atoms with Gasteiger partial charge >= 0.3 is 5.97 Å². The predicted octanol–water partition coefficient (Wildman–Crippen LogP) is 2.83. The molecule has 0 aromatic heterocycles. The van der Waals surface area contributed by atoms with Crippen LogP contribution in [-0.4, -0.2) is 29.2 Å². The summed E-state index contributed by atoms with van der Waals surface area (Å²) in [7, 11) is 0. The molecule has 1 aliphatic carbocycles. The summed E-state index contributed by atoms with van der Waals surface area (Å²) in [6.07, 6.45) is 3.21. The van der Waals surface area contributed by atoms with E-state index in [0.717, 1.165) is 5.57 Å². The molecule has 0 N–H and O–H groups in total. The highest BCUT2D eigenvalue weighted by molar-refractivity contribution is 6.01. The summed E-state index contributed by atoms with van der Waals surface area (Å²) in [5, 5.41) is 0. The number of ether oxygens (including phenoxy) is 2. The van der Waals surface area contributed by atoms with E-state index in [2.05, 4.69) is 13.2 Å². The Morgan fingerprint density at radius 1 is 1.40 bits per heavy atom. The Kier molecular flexibility index (Phi) is 4.06. The normalized spacial score (nSPS) is 36.3. The molecule has 1 saturated carbocycles. The van der Waals surface area contributed by atoms with Gasteiger partial charge in [0.15, 0.2) is 11.4 Å². The number of fused-ring (bicyclic) bond motifs is 3. The molecule has 0 spiro atoms. The van der Waals surface area contributed by atoms with Gasteiger partial charge in [-0.05, 0) is 37.8 Å². The van der Waals surface area contributed by atoms with Gasteiger partial charge in [0.05, 0.1) is 0 Å². The van der Waals surface area contributed by atoms with Crippen molar-refractivity contribution in [1.82, 2.24) is 0 Å². The van der Waals surface area contributed by atoms with E-state index in [0.29, 0.717) is 17.8 Å². The number of rotatable bonds is 2. The average molecular weight is 342 g/mol. The molecule has 5 nitrogen and oxygen atoms in total. The van der Waals surface area contributed by atoms with Crippen molar-refractivity contribution < 1.29 is 23.9 Å². The lowest BCUT2D eigenvalue weighted by atomic mass is 9.81. The van der Waals surface area contributed by atoms with Crippen molar-refractivity contribution >= 4 is 17.5 Å². The van der Waals surface area contributed by atoms with Crippen molar-refractivity contribution in [2.45, 2.75) is 45.3 Å². The quantitative estimate of drug-likeness (QED) is 0.570. The molecular formula is C20H22O5. The standard InChI is InChI=1S/C20H22O5/c1-10(2)19(23)24-16-9-20(5)17(22)8-15(25-20)11(3)6-13-7-14(21)12(4)18(13)16/h6,8,13,16,18H,1,4,7,9H2,2-3,5H3/b11-6-/t13-,16-,18-,20+/m0/s1. The van der Waals surface area contributed by atoms with Crippen LogP contribution in [0.15, 0.2) is 47.8 Å². The number of ketones is 2. The van der Waals surface area contributed by atoms with E-state index >= 15 is 0 Å². The van der Waals surface area contributed by atoms with Gasteiger partial charge in [0.1, 0.15) is 11.9 Å². The number of esters is 1. The molecule has 0 aromatic carbocycles. The van der Waals surface area contributed by atoms with Crippen LogP contribution in [0.25, 0.3) is 0 Å². The molecule has 0 saturated heterocycles. The van der Waals surface area contributed by atoms with Crippen molar-refractivity contribution in [3.05, 3.63) is 47.8 Å². The van der Waals surface area contributed by atoms with Crippen LogP contribution in [0.4, 0.5) is 0 Å². The highest BCUT2D eigenvalue weighted by atomic mass is 16.6. The molecular weight excluding hydrogens is 320 g/mol. The monoisotopic (exact) mass is 342 g/mol. The molecule has 0 aromatic rings. The van der Waals surface area contributed by atoms with Gasteiger partial charge in [-0.1, -0.05) is 19.2 Å². The maximum absolute atomic E-state index is 12.5. The lowest BCUT2D eigenvalue weighted by Gasteiger charge is -2.32. The number of Topliss-reactive ketones (excluding diaryl/α,β-unsaturated/α-hetero) is 1. The van der Waals surface area contributed by atoms with E-state index < -0.39 is 17.7 Å².